The van der Waals surface area contributed by atoms with Crippen molar-refractivity contribution in [2.75, 3.05) is 72.0 Å². The number of ether oxygens (including phenoxy) is 1. The van der Waals surface area contributed by atoms with Crippen molar-refractivity contribution in [1.82, 2.24) is 15.1 Å². The van der Waals surface area contributed by atoms with Gasteiger partial charge in [-0.25, -0.2) is 0 Å². The van der Waals surface area contributed by atoms with Gasteiger partial charge >= 0.3 is 0 Å². The monoisotopic (exact) mass is 535 g/mol. The summed E-state index contributed by atoms with van der Waals surface area (Å²) in [5, 5.41) is 4.28. The van der Waals surface area contributed by atoms with E-state index in [9.17, 15) is 0 Å². The lowest BCUT2D eigenvalue weighted by atomic mass is 10.1. The standard InChI is InChI=1S/C21H34ClN5O.HI/c1-23-21(26(3)13-14-28-16-17-7-8-17)24-15-18-19(22)5-4-6-20(18)27-11-9-25(2)10-12-27;/h4-6,17H,7-16H2,1-3H3,(H,23,24);1H. The van der Waals surface area contributed by atoms with Crippen LogP contribution in [0.4, 0.5) is 5.69 Å². The summed E-state index contributed by atoms with van der Waals surface area (Å²) in [7, 11) is 6.04. The predicted octanol–water partition coefficient (Wildman–Crippen LogP) is 3.14. The van der Waals surface area contributed by atoms with Gasteiger partial charge < -0.3 is 24.8 Å². The van der Waals surface area contributed by atoms with Crippen LogP contribution in [0.2, 0.25) is 5.02 Å². The number of hydrogen-bond donors (Lipinski definition) is 1. The Morgan fingerprint density at radius 3 is 2.66 bits per heavy atom. The van der Waals surface area contributed by atoms with Crippen LogP contribution in [0.1, 0.15) is 18.4 Å². The molecule has 164 valence electrons. The molecule has 3 rings (SSSR count). The number of nitrogens with one attached hydrogen (secondary N) is 1. The van der Waals surface area contributed by atoms with Crippen LogP contribution in [0.15, 0.2) is 23.2 Å². The zero-order chi connectivity index (χ0) is 19.9. The summed E-state index contributed by atoms with van der Waals surface area (Å²) >= 11 is 6.57. The third kappa shape index (κ3) is 7.45. The molecular formula is C21H35ClIN5O. The van der Waals surface area contributed by atoms with Gasteiger partial charge in [0, 0.05) is 76.2 Å². The highest BCUT2D eigenvalue weighted by molar-refractivity contribution is 14.0. The lowest BCUT2D eigenvalue weighted by Crippen LogP contribution is -2.45. The lowest BCUT2D eigenvalue weighted by molar-refractivity contribution is 0.115. The number of guanidine groups is 1. The minimum absolute atomic E-state index is 0. The van der Waals surface area contributed by atoms with E-state index in [2.05, 4.69) is 38.1 Å². The maximum absolute atomic E-state index is 6.57. The summed E-state index contributed by atoms with van der Waals surface area (Å²) in [6.07, 6.45) is 2.65. The van der Waals surface area contributed by atoms with Gasteiger partial charge in [-0.1, -0.05) is 17.7 Å². The minimum Gasteiger partial charge on any atom is -0.379 e. The molecule has 0 atom stereocenters. The van der Waals surface area contributed by atoms with E-state index in [1.165, 1.54) is 18.5 Å². The highest BCUT2D eigenvalue weighted by Gasteiger charge is 2.21. The van der Waals surface area contributed by atoms with Crippen molar-refractivity contribution in [2.45, 2.75) is 19.4 Å². The number of aliphatic imine (C=N–C) groups is 1. The molecule has 0 spiro atoms. The molecule has 2 aliphatic rings. The quantitative estimate of drug-likeness (QED) is 0.240. The molecule has 0 aromatic heterocycles. The van der Waals surface area contributed by atoms with Gasteiger partial charge in [-0.15, -0.1) is 24.0 Å². The van der Waals surface area contributed by atoms with Gasteiger partial charge in [-0.05, 0) is 37.9 Å². The van der Waals surface area contributed by atoms with E-state index in [1.807, 2.05) is 26.2 Å². The van der Waals surface area contributed by atoms with Crippen LogP contribution in [0, 0.1) is 5.92 Å². The van der Waals surface area contributed by atoms with Gasteiger partial charge in [0.25, 0.3) is 0 Å². The molecular weight excluding hydrogens is 501 g/mol. The summed E-state index contributed by atoms with van der Waals surface area (Å²) < 4.78 is 5.76. The molecule has 1 aliphatic heterocycles. The number of benzene rings is 1. The van der Waals surface area contributed by atoms with Crippen molar-refractivity contribution in [1.29, 1.82) is 0 Å². The molecule has 1 saturated carbocycles. The second-order valence-electron chi connectivity index (χ2n) is 7.87. The molecule has 2 fully saturated rings. The van der Waals surface area contributed by atoms with E-state index in [-0.39, 0.29) is 24.0 Å². The molecule has 0 bridgehead atoms. The highest BCUT2D eigenvalue weighted by Crippen LogP contribution is 2.29. The first-order valence-electron chi connectivity index (χ1n) is 10.3. The SMILES string of the molecule is CN=C(NCc1c(Cl)cccc1N1CCN(C)CC1)N(C)CCOCC1CC1.I. The molecule has 1 aliphatic carbocycles. The zero-order valence-electron chi connectivity index (χ0n) is 17.9. The Hall–Kier alpha value is -0.770. The molecule has 8 heteroatoms. The van der Waals surface area contributed by atoms with Gasteiger partial charge in [0.05, 0.1) is 6.61 Å². The summed E-state index contributed by atoms with van der Waals surface area (Å²) in [6, 6.07) is 6.18. The summed E-state index contributed by atoms with van der Waals surface area (Å²) in [4.78, 5) is 11.3. The van der Waals surface area contributed by atoms with Gasteiger partial charge in [-0.2, -0.15) is 0 Å². The van der Waals surface area contributed by atoms with Gasteiger partial charge in [0.15, 0.2) is 5.96 Å². The fraction of sp³-hybridized carbons (Fsp3) is 0.667. The van der Waals surface area contributed by atoms with Gasteiger partial charge in [0.2, 0.25) is 0 Å². The molecule has 0 amide bonds. The normalized spacial score (nSPS) is 17.8. The van der Waals surface area contributed by atoms with Crippen molar-refractivity contribution in [3.63, 3.8) is 0 Å². The summed E-state index contributed by atoms with van der Waals surface area (Å²) in [5.41, 5.74) is 2.35. The van der Waals surface area contributed by atoms with Crippen LogP contribution in [0.5, 0.6) is 0 Å². The van der Waals surface area contributed by atoms with Crippen LogP contribution in [0.3, 0.4) is 0 Å². The predicted molar refractivity (Wildman–Crippen MR) is 133 cm³/mol. The van der Waals surface area contributed by atoms with E-state index in [1.54, 1.807) is 0 Å². The summed E-state index contributed by atoms with van der Waals surface area (Å²) in [5.74, 6) is 1.66. The first kappa shape index (κ1) is 24.5. The number of rotatable bonds is 8. The van der Waals surface area contributed by atoms with Crippen LogP contribution >= 0.6 is 35.6 Å². The Balaban J connectivity index is 0.00000300. The zero-order valence-corrected chi connectivity index (χ0v) is 21.0. The first-order chi connectivity index (χ1) is 13.6. The Kier molecular flexibility index (Phi) is 10.3. The highest BCUT2D eigenvalue weighted by atomic mass is 127. The van der Waals surface area contributed by atoms with Crippen LogP contribution in [0.25, 0.3) is 0 Å². The molecule has 29 heavy (non-hydrogen) atoms. The van der Waals surface area contributed by atoms with Crippen molar-refractivity contribution in [3.05, 3.63) is 28.8 Å². The topological polar surface area (TPSA) is 43.3 Å². The molecule has 0 unspecified atom stereocenters. The number of anilines is 1. The van der Waals surface area contributed by atoms with Crippen LogP contribution in [-0.4, -0.2) is 82.8 Å². The van der Waals surface area contributed by atoms with Crippen molar-refractivity contribution < 1.29 is 4.74 Å². The smallest absolute Gasteiger partial charge is 0.193 e. The van der Waals surface area contributed by atoms with Crippen molar-refractivity contribution >= 4 is 47.2 Å². The maximum atomic E-state index is 6.57. The Morgan fingerprint density at radius 2 is 2.00 bits per heavy atom. The van der Waals surface area contributed by atoms with E-state index >= 15 is 0 Å². The average molecular weight is 536 g/mol. The molecule has 0 radical (unpaired) electrons. The van der Waals surface area contributed by atoms with E-state index in [0.29, 0.717) is 6.54 Å². The number of hydrogen-bond acceptors (Lipinski definition) is 4. The van der Waals surface area contributed by atoms with Gasteiger partial charge in [0.1, 0.15) is 0 Å². The Labute approximate surface area is 197 Å². The largest absolute Gasteiger partial charge is 0.379 e. The number of piperazine rings is 1. The fourth-order valence-corrected chi connectivity index (χ4v) is 3.70. The Bertz CT molecular complexity index is 662. The molecule has 1 N–H and O–H groups in total. The third-order valence-corrected chi connectivity index (χ3v) is 5.91. The first-order valence-corrected chi connectivity index (χ1v) is 10.7. The third-order valence-electron chi connectivity index (χ3n) is 5.56. The van der Waals surface area contributed by atoms with Crippen LogP contribution < -0.4 is 10.2 Å². The van der Waals surface area contributed by atoms with Crippen LogP contribution in [-0.2, 0) is 11.3 Å². The number of halogens is 2. The lowest BCUT2D eigenvalue weighted by Gasteiger charge is -2.35. The van der Waals surface area contributed by atoms with Crippen molar-refractivity contribution in [3.8, 4) is 0 Å². The molecule has 1 heterocycles. The number of likely N-dealkylation sites (N-methyl/N-ethyl adjacent to an activating group) is 2. The van der Waals surface area contributed by atoms with Crippen molar-refractivity contribution in [2.24, 2.45) is 10.9 Å². The number of nitrogens with zero attached hydrogens (tertiary/aromatic N) is 4. The average Bonchev–Trinajstić information content (AvgIpc) is 3.52. The molecule has 6 nitrogen and oxygen atoms in total. The van der Waals surface area contributed by atoms with E-state index in [4.69, 9.17) is 16.3 Å². The second kappa shape index (κ2) is 12.2. The minimum atomic E-state index is 0. The Morgan fingerprint density at radius 1 is 1.28 bits per heavy atom. The molecule has 1 saturated heterocycles. The molecule has 1 aromatic carbocycles. The van der Waals surface area contributed by atoms with E-state index in [0.717, 1.165) is 68.4 Å². The van der Waals surface area contributed by atoms with E-state index < -0.39 is 0 Å². The molecule has 1 aromatic rings. The van der Waals surface area contributed by atoms with Gasteiger partial charge in [-0.3, -0.25) is 4.99 Å². The second-order valence-corrected chi connectivity index (χ2v) is 8.28. The maximum Gasteiger partial charge on any atom is 0.193 e. The fourth-order valence-electron chi connectivity index (χ4n) is 3.46. The summed E-state index contributed by atoms with van der Waals surface area (Å²) in [6.45, 7) is 7.30.